The third-order valence-corrected chi connectivity index (χ3v) is 2.50. The van der Waals surface area contributed by atoms with Crippen molar-refractivity contribution < 1.29 is 9.13 Å². The van der Waals surface area contributed by atoms with Crippen LogP contribution < -0.4 is 10.1 Å². The van der Waals surface area contributed by atoms with E-state index in [4.69, 9.17) is 4.74 Å². The van der Waals surface area contributed by atoms with E-state index in [1.165, 1.54) is 6.07 Å². The van der Waals surface area contributed by atoms with Crippen molar-refractivity contribution in [3.63, 3.8) is 0 Å². The minimum absolute atomic E-state index is 0. The van der Waals surface area contributed by atoms with Crippen molar-refractivity contribution >= 4 is 12.4 Å². The summed E-state index contributed by atoms with van der Waals surface area (Å²) in [6.07, 6.45) is 1.08. The molecule has 0 bridgehead atoms. The fourth-order valence-electron chi connectivity index (χ4n) is 1.63. The van der Waals surface area contributed by atoms with Crippen LogP contribution in [-0.2, 0) is 6.54 Å². The number of hydrogen-bond acceptors (Lipinski definition) is 2. The Balaban J connectivity index is 0.00000112. The molecule has 1 aliphatic rings. The largest absolute Gasteiger partial charge is 0.489 e. The highest BCUT2D eigenvalue weighted by Crippen LogP contribution is 2.24. The molecule has 1 heterocycles. The van der Waals surface area contributed by atoms with Crippen LogP contribution in [0.5, 0.6) is 5.75 Å². The standard InChI is InChI=1S/C11H14FNO.ClH/c1-2-8-6-13-7-9-10(12)4-3-5-11(9)14-8;/h3-5,8,13H,2,6-7H2,1H3;1H. The zero-order valence-electron chi connectivity index (χ0n) is 8.63. The maximum absolute atomic E-state index is 13.4. The number of nitrogens with one attached hydrogen (secondary N) is 1. The van der Waals surface area contributed by atoms with Crippen LogP contribution >= 0.6 is 12.4 Å². The van der Waals surface area contributed by atoms with Gasteiger partial charge in [-0.3, -0.25) is 0 Å². The van der Waals surface area contributed by atoms with Crippen molar-refractivity contribution in [1.82, 2.24) is 5.32 Å². The molecule has 2 nitrogen and oxygen atoms in total. The van der Waals surface area contributed by atoms with Crippen molar-refractivity contribution in [2.24, 2.45) is 0 Å². The van der Waals surface area contributed by atoms with Gasteiger partial charge in [0.05, 0.1) is 0 Å². The van der Waals surface area contributed by atoms with E-state index in [2.05, 4.69) is 12.2 Å². The molecule has 2 rings (SSSR count). The number of benzene rings is 1. The van der Waals surface area contributed by atoms with Crippen LogP contribution in [0.15, 0.2) is 18.2 Å². The van der Waals surface area contributed by atoms with Gasteiger partial charge in [-0.15, -0.1) is 12.4 Å². The molecule has 0 amide bonds. The number of fused-ring (bicyclic) bond motifs is 1. The predicted molar refractivity (Wildman–Crippen MR) is 60.1 cm³/mol. The number of ether oxygens (including phenoxy) is 1. The fraction of sp³-hybridized carbons (Fsp3) is 0.455. The normalized spacial score (nSPS) is 19.5. The SMILES string of the molecule is CCC1CNCc2c(F)cccc2O1.Cl. The van der Waals surface area contributed by atoms with E-state index in [0.29, 0.717) is 17.9 Å². The van der Waals surface area contributed by atoms with Gasteiger partial charge < -0.3 is 10.1 Å². The van der Waals surface area contributed by atoms with E-state index in [-0.39, 0.29) is 24.3 Å². The molecule has 0 radical (unpaired) electrons. The summed E-state index contributed by atoms with van der Waals surface area (Å²) in [7, 11) is 0. The lowest BCUT2D eigenvalue weighted by Gasteiger charge is -2.14. The molecular formula is C11H15ClFNO. The van der Waals surface area contributed by atoms with Crippen molar-refractivity contribution in [1.29, 1.82) is 0 Å². The minimum atomic E-state index is -0.188. The second kappa shape index (κ2) is 5.33. The minimum Gasteiger partial charge on any atom is -0.489 e. The Kier molecular flexibility index (Phi) is 4.36. The molecular weight excluding hydrogens is 217 g/mol. The quantitative estimate of drug-likeness (QED) is 0.802. The van der Waals surface area contributed by atoms with Crippen LogP contribution in [0.3, 0.4) is 0 Å². The van der Waals surface area contributed by atoms with Crippen molar-refractivity contribution in [3.05, 3.63) is 29.6 Å². The average Bonchev–Trinajstić information content (AvgIpc) is 2.40. The lowest BCUT2D eigenvalue weighted by Crippen LogP contribution is -2.27. The maximum Gasteiger partial charge on any atom is 0.131 e. The molecule has 0 saturated carbocycles. The molecule has 0 aromatic heterocycles. The van der Waals surface area contributed by atoms with Gasteiger partial charge in [-0.1, -0.05) is 13.0 Å². The Morgan fingerprint density at radius 1 is 1.53 bits per heavy atom. The van der Waals surface area contributed by atoms with E-state index in [1.54, 1.807) is 6.07 Å². The van der Waals surface area contributed by atoms with Gasteiger partial charge in [0.1, 0.15) is 17.7 Å². The van der Waals surface area contributed by atoms with Crippen LogP contribution in [0, 0.1) is 5.82 Å². The van der Waals surface area contributed by atoms with Gasteiger partial charge in [-0.2, -0.15) is 0 Å². The van der Waals surface area contributed by atoms with Gasteiger partial charge in [0.15, 0.2) is 0 Å². The fourth-order valence-corrected chi connectivity index (χ4v) is 1.63. The Hall–Kier alpha value is -0.800. The van der Waals surface area contributed by atoms with Gasteiger partial charge in [0, 0.05) is 18.7 Å². The van der Waals surface area contributed by atoms with E-state index in [0.717, 1.165) is 13.0 Å². The zero-order valence-corrected chi connectivity index (χ0v) is 9.44. The molecule has 0 saturated heterocycles. The highest BCUT2D eigenvalue weighted by atomic mass is 35.5. The number of hydrogen-bond donors (Lipinski definition) is 1. The van der Waals surface area contributed by atoms with Crippen molar-refractivity contribution in [3.8, 4) is 5.75 Å². The van der Waals surface area contributed by atoms with Gasteiger partial charge in [-0.25, -0.2) is 4.39 Å². The number of rotatable bonds is 1. The van der Waals surface area contributed by atoms with Crippen LogP contribution in [0.2, 0.25) is 0 Å². The summed E-state index contributed by atoms with van der Waals surface area (Å²) in [5, 5.41) is 3.18. The van der Waals surface area contributed by atoms with Crippen LogP contribution in [0.25, 0.3) is 0 Å². The van der Waals surface area contributed by atoms with Gasteiger partial charge in [0.25, 0.3) is 0 Å². The van der Waals surface area contributed by atoms with Crippen LogP contribution in [0.1, 0.15) is 18.9 Å². The lowest BCUT2D eigenvalue weighted by molar-refractivity contribution is 0.201. The third kappa shape index (κ3) is 2.61. The highest BCUT2D eigenvalue weighted by molar-refractivity contribution is 5.85. The molecule has 0 fully saturated rings. The molecule has 0 spiro atoms. The summed E-state index contributed by atoms with van der Waals surface area (Å²) in [6.45, 7) is 3.40. The average molecular weight is 232 g/mol. The van der Waals surface area contributed by atoms with Gasteiger partial charge >= 0.3 is 0 Å². The van der Waals surface area contributed by atoms with Crippen LogP contribution in [0.4, 0.5) is 4.39 Å². The first-order chi connectivity index (χ1) is 6.81. The summed E-state index contributed by atoms with van der Waals surface area (Å²) in [5.41, 5.74) is 0.642. The molecule has 1 unspecified atom stereocenters. The van der Waals surface area contributed by atoms with Gasteiger partial charge in [-0.05, 0) is 18.6 Å². The summed E-state index contributed by atoms with van der Waals surface area (Å²) < 4.78 is 19.0. The van der Waals surface area contributed by atoms with E-state index < -0.39 is 0 Å². The lowest BCUT2D eigenvalue weighted by atomic mass is 10.2. The molecule has 0 aliphatic carbocycles. The Labute approximate surface area is 95.2 Å². The molecule has 1 aliphatic heterocycles. The van der Waals surface area contributed by atoms with Crippen molar-refractivity contribution in [2.75, 3.05) is 6.54 Å². The van der Waals surface area contributed by atoms with E-state index in [9.17, 15) is 4.39 Å². The molecule has 4 heteroatoms. The van der Waals surface area contributed by atoms with Crippen LogP contribution in [-0.4, -0.2) is 12.6 Å². The van der Waals surface area contributed by atoms with E-state index in [1.807, 2.05) is 6.07 Å². The third-order valence-electron chi connectivity index (χ3n) is 2.50. The first-order valence-corrected chi connectivity index (χ1v) is 4.96. The monoisotopic (exact) mass is 231 g/mol. The smallest absolute Gasteiger partial charge is 0.131 e. The molecule has 1 N–H and O–H groups in total. The summed E-state index contributed by atoms with van der Waals surface area (Å²) >= 11 is 0. The molecule has 1 aromatic rings. The van der Waals surface area contributed by atoms with Crippen molar-refractivity contribution in [2.45, 2.75) is 26.0 Å². The molecule has 1 aromatic carbocycles. The Morgan fingerprint density at radius 2 is 2.33 bits per heavy atom. The molecule has 84 valence electrons. The first kappa shape index (κ1) is 12.3. The molecule has 15 heavy (non-hydrogen) atoms. The first-order valence-electron chi connectivity index (χ1n) is 4.96. The topological polar surface area (TPSA) is 21.3 Å². The zero-order chi connectivity index (χ0) is 9.97. The second-order valence-corrected chi connectivity index (χ2v) is 3.50. The highest BCUT2D eigenvalue weighted by Gasteiger charge is 2.17. The number of halogens is 2. The second-order valence-electron chi connectivity index (χ2n) is 3.50. The van der Waals surface area contributed by atoms with Gasteiger partial charge in [0.2, 0.25) is 0 Å². The summed E-state index contributed by atoms with van der Waals surface area (Å²) in [5.74, 6) is 0.494. The molecule has 1 atom stereocenters. The predicted octanol–water partition coefficient (Wildman–Crippen LogP) is 2.51. The van der Waals surface area contributed by atoms with E-state index >= 15 is 0 Å². The summed E-state index contributed by atoms with van der Waals surface area (Å²) in [4.78, 5) is 0. The maximum atomic E-state index is 13.4. The Morgan fingerprint density at radius 3 is 3.07 bits per heavy atom. The summed E-state index contributed by atoms with van der Waals surface area (Å²) in [6, 6.07) is 4.98. The Bertz CT molecular complexity index is 332.